The summed E-state index contributed by atoms with van der Waals surface area (Å²) >= 11 is 5.83. The van der Waals surface area contributed by atoms with Crippen molar-refractivity contribution in [2.75, 3.05) is 18.5 Å². The number of hydrogen-bond donors (Lipinski definition) is 1. The molecule has 0 aliphatic carbocycles. The predicted octanol–water partition coefficient (Wildman–Crippen LogP) is 3.32. The van der Waals surface area contributed by atoms with Gasteiger partial charge >= 0.3 is 0 Å². The van der Waals surface area contributed by atoms with E-state index >= 15 is 0 Å². The van der Waals surface area contributed by atoms with Gasteiger partial charge in [0.15, 0.2) is 0 Å². The lowest BCUT2D eigenvalue weighted by molar-refractivity contribution is 0.0870. The van der Waals surface area contributed by atoms with Crippen LogP contribution in [0.25, 0.3) is 0 Å². The second-order valence-corrected chi connectivity index (χ2v) is 3.88. The van der Waals surface area contributed by atoms with Gasteiger partial charge in [0.25, 0.3) is 0 Å². The molecule has 0 saturated heterocycles. The van der Waals surface area contributed by atoms with E-state index in [9.17, 15) is 4.39 Å². The van der Waals surface area contributed by atoms with Gasteiger partial charge in [-0.3, -0.25) is 0 Å². The third kappa shape index (κ3) is 4.49. The van der Waals surface area contributed by atoms with Crippen molar-refractivity contribution >= 4 is 17.3 Å². The van der Waals surface area contributed by atoms with Crippen LogP contribution in [0.3, 0.4) is 0 Å². The van der Waals surface area contributed by atoms with Gasteiger partial charge in [-0.1, -0.05) is 11.6 Å². The summed E-state index contributed by atoms with van der Waals surface area (Å²) in [5.41, 5.74) is 0.727. The summed E-state index contributed by atoms with van der Waals surface area (Å²) in [6.07, 6.45) is 0.218. The van der Waals surface area contributed by atoms with Gasteiger partial charge in [-0.25, -0.2) is 4.39 Å². The third-order valence-electron chi connectivity index (χ3n) is 1.80. The number of ether oxygens (including phenoxy) is 1. The molecule has 0 radical (unpaired) electrons. The van der Waals surface area contributed by atoms with Gasteiger partial charge in [0.2, 0.25) is 0 Å². The number of hydrogen-bond acceptors (Lipinski definition) is 2. The highest BCUT2D eigenvalue weighted by atomic mass is 35.5. The summed E-state index contributed by atoms with van der Waals surface area (Å²) in [5, 5.41) is 3.46. The van der Waals surface area contributed by atoms with E-state index in [1.807, 2.05) is 13.8 Å². The van der Waals surface area contributed by atoms with Gasteiger partial charge in [0.1, 0.15) is 5.82 Å². The Morgan fingerprint density at radius 3 is 2.80 bits per heavy atom. The molecular weight excluding hydrogens is 217 g/mol. The summed E-state index contributed by atoms with van der Waals surface area (Å²) < 4.78 is 18.1. The molecule has 84 valence electrons. The van der Waals surface area contributed by atoms with Gasteiger partial charge < -0.3 is 10.1 Å². The molecule has 0 aromatic heterocycles. The number of rotatable bonds is 5. The van der Waals surface area contributed by atoms with Gasteiger partial charge in [-0.05, 0) is 32.0 Å². The van der Waals surface area contributed by atoms with Crippen LogP contribution in [0, 0.1) is 5.82 Å². The quantitative estimate of drug-likeness (QED) is 0.785. The molecule has 1 aromatic carbocycles. The van der Waals surface area contributed by atoms with E-state index in [2.05, 4.69) is 5.32 Å². The van der Waals surface area contributed by atoms with Crippen LogP contribution in [0.5, 0.6) is 0 Å². The average molecular weight is 232 g/mol. The monoisotopic (exact) mass is 231 g/mol. The van der Waals surface area contributed by atoms with E-state index < -0.39 is 0 Å². The topological polar surface area (TPSA) is 21.3 Å². The molecule has 0 unspecified atom stereocenters. The molecule has 0 saturated carbocycles. The van der Waals surface area contributed by atoms with Gasteiger partial charge in [0.05, 0.1) is 23.4 Å². The molecule has 0 bridgehead atoms. The normalized spacial score (nSPS) is 10.7. The Hall–Kier alpha value is -0.800. The van der Waals surface area contributed by atoms with Crippen molar-refractivity contribution < 1.29 is 9.13 Å². The molecule has 4 heteroatoms. The van der Waals surface area contributed by atoms with E-state index in [1.54, 1.807) is 6.07 Å². The molecule has 2 nitrogen and oxygen atoms in total. The second-order valence-electron chi connectivity index (χ2n) is 3.47. The Labute approximate surface area is 94.4 Å². The Morgan fingerprint density at radius 1 is 1.47 bits per heavy atom. The minimum absolute atomic E-state index is 0.218. The molecule has 15 heavy (non-hydrogen) atoms. The zero-order valence-corrected chi connectivity index (χ0v) is 9.64. The Kier molecular flexibility index (Phi) is 4.85. The van der Waals surface area contributed by atoms with Crippen molar-refractivity contribution in [3.63, 3.8) is 0 Å². The van der Waals surface area contributed by atoms with Crippen LogP contribution in [0.1, 0.15) is 13.8 Å². The van der Waals surface area contributed by atoms with Crippen molar-refractivity contribution in [2.24, 2.45) is 0 Å². The fourth-order valence-corrected chi connectivity index (χ4v) is 1.35. The zero-order chi connectivity index (χ0) is 11.3. The second kappa shape index (κ2) is 5.93. The number of benzene rings is 1. The van der Waals surface area contributed by atoms with E-state index in [4.69, 9.17) is 16.3 Å². The summed E-state index contributed by atoms with van der Waals surface area (Å²) in [7, 11) is 0. The number of nitrogens with one attached hydrogen (secondary N) is 1. The average Bonchev–Trinajstić information content (AvgIpc) is 2.14. The van der Waals surface area contributed by atoms with E-state index in [-0.39, 0.29) is 11.9 Å². The van der Waals surface area contributed by atoms with Crippen LogP contribution in [-0.4, -0.2) is 19.3 Å². The lowest BCUT2D eigenvalue weighted by atomic mass is 10.3. The zero-order valence-electron chi connectivity index (χ0n) is 8.89. The highest BCUT2D eigenvalue weighted by molar-refractivity contribution is 6.33. The van der Waals surface area contributed by atoms with Gasteiger partial charge in [-0.15, -0.1) is 0 Å². The van der Waals surface area contributed by atoms with E-state index in [0.717, 1.165) is 5.69 Å². The summed E-state index contributed by atoms with van der Waals surface area (Å²) in [4.78, 5) is 0. The smallest absolute Gasteiger partial charge is 0.124 e. The molecule has 0 aliphatic heterocycles. The van der Waals surface area contributed by atoms with Crippen molar-refractivity contribution in [1.29, 1.82) is 0 Å². The maximum atomic E-state index is 12.7. The first-order valence-electron chi connectivity index (χ1n) is 4.90. The molecule has 0 heterocycles. The van der Waals surface area contributed by atoms with Crippen LogP contribution in [0.15, 0.2) is 18.2 Å². The molecule has 1 N–H and O–H groups in total. The molecule has 0 fully saturated rings. The molecule has 0 atom stereocenters. The van der Waals surface area contributed by atoms with Crippen LogP contribution in [-0.2, 0) is 4.74 Å². The lowest BCUT2D eigenvalue weighted by Gasteiger charge is -2.10. The Bertz CT molecular complexity index is 317. The van der Waals surface area contributed by atoms with Crippen LogP contribution in [0.4, 0.5) is 10.1 Å². The standard InChI is InChI=1S/C11H15ClFNO/c1-8(2)15-6-5-14-11-4-3-9(13)7-10(11)12/h3-4,7-8,14H,5-6H2,1-2H3. The van der Waals surface area contributed by atoms with Crippen LogP contribution in [0.2, 0.25) is 5.02 Å². The van der Waals surface area contributed by atoms with E-state index in [0.29, 0.717) is 18.2 Å². The van der Waals surface area contributed by atoms with Gasteiger partial charge in [0, 0.05) is 6.54 Å². The number of anilines is 1. The summed E-state index contributed by atoms with van der Waals surface area (Å²) in [6, 6.07) is 4.28. The molecule has 0 spiro atoms. The van der Waals surface area contributed by atoms with Crippen molar-refractivity contribution in [1.82, 2.24) is 0 Å². The molecule has 1 rings (SSSR count). The first-order valence-corrected chi connectivity index (χ1v) is 5.28. The van der Waals surface area contributed by atoms with Crippen LogP contribution < -0.4 is 5.32 Å². The summed E-state index contributed by atoms with van der Waals surface area (Å²) in [5.74, 6) is -0.330. The maximum Gasteiger partial charge on any atom is 0.124 e. The fourth-order valence-electron chi connectivity index (χ4n) is 1.11. The first-order chi connectivity index (χ1) is 7.09. The third-order valence-corrected chi connectivity index (χ3v) is 2.11. The summed E-state index contributed by atoms with van der Waals surface area (Å²) in [6.45, 7) is 5.21. The largest absolute Gasteiger partial charge is 0.382 e. The van der Waals surface area contributed by atoms with Gasteiger partial charge in [-0.2, -0.15) is 0 Å². The number of halogens is 2. The lowest BCUT2D eigenvalue weighted by Crippen LogP contribution is -2.13. The Morgan fingerprint density at radius 2 is 2.20 bits per heavy atom. The first kappa shape index (κ1) is 12.3. The SMILES string of the molecule is CC(C)OCCNc1ccc(F)cc1Cl. The highest BCUT2D eigenvalue weighted by Gasteiger charge is 2.01. The van der Waals surface area contributed by atoms with Crippen molar-refractivity contribution in [3.8, 4) is 0 Å². The van der Waals surface area contributed by atoms with E-state index in [1.165, 1.54) is 12.1 Å². The molecule has 1 aromatic rings. The minimum atomic E-state index is -0.330. The molecular formula is C11H15ClFNO. The maximum absolute atomic E-state index is 12.7. The molecule has 0 aliphatic rings. The highest BCUT2D eigenvalue weighted by Crippen LogP contribution is 2.21. The minimum Gasteiger partial charge on any atom is -0.382 e. The molecule has 0 amide bonds. The van der Waals surface area contributed by atoms with Crippen molar-refractivity contribution in [2.45, 2.75) is 20.0 Å². The van der Waals surface area contributed by atoms with Crippen LogP contribution >= 0.6 is 11.6 Å². The fraction of sp³-hybridized carbons (Fsp3) is 0.455. The Balaban J connectivity index is 2.37. The predicted molar refractivity (Wildman–Crippen MR) is 61.0 cm³/mol. The van der Waals surface area contributed by atoms with Crippen molar-refractivity contribution in [3.05, 3.63) is 29.0 Å².